The second-order valence-corrected chi connectivity index (χ2v) is 8.15. The molecule has 1 aliphatic rings. The number of halogens is 1. The van der Waals surface area contributed by atoms with E-state index in [2.05, 4.69) is 16.2 Å². The van der Waals surface area contributed by atoms with Gasteiger partial charge in [0.2, 0.25) is 11.7 Å². The monoisotopic (exact) mass is 483 g/mol. The Kier molecular flexibility index (Phi) is 7.89. The van der Waals surface area contributed by atoms with E-state index < -0.39 is 6.04 Å². The predicted octanol–water partition coefficient (Wildman–Crippen LogP) is 2.69. The molecule has 9 nitrogen and oxygen atoms in total. The lowest BCUT2D eigenvalue weighted by Gasteiger charge is -2.31. The Bertz CT molecular complexity index is 1220. The van der Waals surface area contributed by atoms with E-state index in [1.54, 1.807) is 23.1 Å². The van der Waals surface area contributed by atoms with Crippen LogP contribution in [0.2, 0.25) is 0 Å². The highest BCUT2D eigenvalue weighted by molar-refractivity contribution is 5.85. The molecule has 0 radical (unpaired) electrons. The molecule has 4 rings (SSSR count). The molecule has 1 amide bonds. The van der Waals surface area contributed by atoms with Gasteiger partial charge >= 0.3 is 0 Å². The van der Waals surface area contributed by atoms with E-state index in [9.17, 15) is 15.2 Å². The van der Waals surface area contributed by atoms with Crippen molar-refractivity contribution in [2.24, 2.45) is 5.73 Å². The zero-order valence-electron chi connectivity index (χ0n) is 18.9. The molecule has 1 aromatic heterocycles. The Hall–Kier alpha value is -3.45. The van der Waals surface area contributed by atoms with E-state index in [0.29, 0.717) is 48.1 Å². The lowest BCUT2D eigenvalue weighted by molar-refractivity contribution is -0.134. The number of nitriles is 1. The van der Waals surface area contributed by atoms with Gasteiger partial charge in [-0.3, -0.25) is 4.79 Å². The van der Waals surface area contributed by atoms with Gasteiger partial charge in [-0.15, -0.1) is 12.4 Å². The van der Waals surface area contributed by atoms with Crippen LogP contribution in [0.15, 0.2) is 40.9 Å². The van der Waals surface area contributed by atoms with Crippen molar-refractivity contribution in [2.75, 3.05) is 13.2 Å². The van der Waals surface area contributed by atoms with Crippen molar-refractivity contribution in [3.05, 3.63) is 53.1 Å². The number of ether oxygens (including phenoxy) is 1. The number of aromatic nitrogens is 2. The zero-order chi connectivity index (χ0) is 23.5. The van der Waals surface area contributed by atoms with E-state index in [1.807, 2.05) is 32.0 Å². The number of fused-ring (bicyclic) bond motifs is 1. The number of nitrogens with zero attached hydrogens (tertiary/aromatic N) is 4. The fourth-order valence-electron chi connectivity index (χ4n) is 3.88. The van der Waals surface area contributed by atoms with Gasteiger partial charge in [-0.25, -0.2) is 0 Å². The van der Waals surface area contributed by atoms with Crippen molar-refractivity contribution in [3.8, 4) is 34.7 Å². The Morgan fingerprint density at radius 3 is 2.85 bits per heavy atom. The summed E-state index contributed by atoms with van der Waals surface area (Å²) < 4.78 is 11.2. The highest BCUT2D eigenvalue weighted by Crippen LogP contribution is 2.31. The van der Waals surface area contributed by atoms with Gasteiger partial charge in [0, 0.05) is 24.2 Å². The van der Waals surface area contributed by atoms with Crippen molar-refractivity contribution in [1.82, 2.24) is 15.0 Å². The summed E-state index contributed by atoms with van der Waals surface area (Å²) in [5.41, 5.74) is 9.57. The molecule has 0 unspecified atom stereocenters. The highest BCUT2D eigenvalue weighted by Gasteiger charge is 2.27. The van der Waals surface area contributed by atoms with Crippen LogP contribution in [0.4, 0.5) is 0 Å². The molecule has 10 heteroatoms. The fraction of sp³-hybridized carbons (Fsp3) is 0.333. The third-order valence-electron chi connectivity index (χ3n) is 5.47. The van der Waals surface area contributed by atoms with E-state index in [4.69, 9.17) is 15.0 Å². The van der Waals surface area contributed by atoms with Gasteiger partial charge in [-0.2, -0.15) is 10.2 Å². The molecule has 0 saturated heterocycles. The summed E-state index contributed by atoms with van der Waals surface area (Å²) in [6, 6.07) is 12.2. The lowest BCUT2D eigenvalue weighted by atomic mass is 9.94. The number of carbonyl (C=O) groups is 1. The van der Waals surface area contributed by atoms with Crippen LogP contribution in [0.1, 0.15) is 30.5 Å². The van der Waals surface area contributed by atoms with Gasteiger partial charge in [0.15, 0.2) is 0 Å². The molecule has 3 aromatic rings. The Balaban J connectivity index is 0.00000324. The number of rotatable bonds is 6. The number of hydrogen-bond donors (Lipinski definition) is 2. The second-order valence-electron chi connectivity index (χ2n) is 8.15. The van der Waals surface area contributed by atoms with Crippen LogP contribution in [-0.2, 0) is 17.8 Å². The van der Waals surface area contributed by atoms with Crippen LogP contribution in [0, 0.1) is 11.3 Å². The van der Waals surface area contributed by atoms with Crippen LogP contribution in [0.3, 0.4) is 0 Å². The number of carbonyl (C=O) groups excluding carboxylic acids is 1. The molecule has 178 valence electrons. The minimum absolute atomic E-state index is 0. The van der Waals surface area contributed by atoms with Gasteiger partial charge in [-0.05, 0) is 49.6 Å². The molecular weight excluding hydrogens is 458 g/mol. The molecule has 1 atom stereocenters. The van der Waals surface area contributed by atoms with Crippen molar-refractivity contribution in [1.29, 1.82) is 5.26 Å². The molecule has 0 fully saturated rings. The molecule has 0 bridgehead atoms. The summed E-state index contributed by atoms with van der Waals surface area (Å²) in [5.74, 6) is 0.980. The van der Waals surface area contributed by atoms with Crippen LogP contribution in [0.25, 0.3) is 22.8 Å². The highest BCUT2D eigenvalue weighted by atomic mass is 35.5. The predicted molar refractivity (Wildman–Crippen MR) is 127 cm³/mol. The maximum absolute atomic E-state index is 12.4. The third-order valence-corrected chi connectivity index (χ3v) is 5.47. The van der Waals surface area contributed by atoms with Gasteiger partial charge in [-0.1, -0.05) is 23.4 Å². The zero-order valence-corrected chi connectivity index (χ0v) is 19.7. The average Bonchev–Trinajstić information content (AvgIpc) is 3.32. The Labute approximate surface area is 203 Å². The van der Waals surface area contributed by atoms with Crippen LogP contribution < -0.4 is 10.5 Å². The van der Waals surface area contributed by atoms with Crippen LogP contribution >= 0.6 is 12.4 Å². The van der Waals surface area contributed by atoms with Crippen molar-refractivity contribution in [2.45, 2.75) is 39.0 Å². The average molecular weight is 484 g/mol. The van der Waals surface area contributed by atoms with Gasteiger partial charge < -0.3 is 25.0 Å². The Morgan fingerprint density at radius 2 is 2.15 bits per heavy atom. The first kappa shape index (κ1) is 25.2. The number of hydrogen-bond acceptors (Lipinski definition) is 8. The summed E-state index contributed by atoms with van der Waals surface area (Å²) in [6.45, 7) is 4.31. The molecule has 0 aliphatic carbocycles. The first-order chi connectivity index (χ1) is 15.9. The minimum Gasteiger partial charge on any atom is -0.490 e. The van der Waals surface area contributed by atoms with E-state index >= 15 is 0 Å². The first-order valence-corrected chi connectivity index (χ1v) is 10.7. The fourth-order valence-corrected chi connectivity index (χ4v) is 3.88. The summed E-state index contributed by atoms with van der Waals surface area (Å²) >= 11 is 0. The topological polar surface area (TPSA) is 138 Å². The molecule has 2 aromatic carbocycles. The molecule has 34 heavy (non-hydrogen) atoms. The number of benzene rings is 2. The van der Waals surface area contributed by atoms with E-state index in [-0.39, 0.29) is 31.0 Å². The molecule has 0 spiro atoms. The van der Waals surface area contributed by atoms with Gasteiger partial charge in [0.05, 0.1) is 18.3 Å². The summed E-state index contributed by atoms with van der Waals surface area (Å²) in [6.07, 6.45) is 0.562. The maximum Gasteiger partial charge on any atom is 0.258 e. The summed E-state index contributed by atoms with van der Waals surface area (Å²) in [7, 11) is 0. The van der Waals surface area contributed by atoms with Crippen molar-refractivity contribution < 1.29 is 19.2 Å². The number of aliphatic hydroxyl groups excluding tert-OH is 1. The lowest BCUT2D eigenvalue weighted by Crippen LogP contribution is -2.47. The van der Waals surface area contributed by atoms with Crippen LogP contribution in [-0.4, -0.2) is 51.4 Å². The standard InChI is InChI=1S/C24H25N5O4.ClH/c1-14(2)32-21-7-6-15(10-17(21)11-25)23-27-22(28-33-23)19-5-3-4-16-12-29(9-8-18(16)19)24(31)20(26)13-30;/h3-7,10,14,20,30H,8-9,12-13,26H2,1-2H3;1H/t20-;/m0./s1. The SMILES string of the molecule is CC(C)Oc1ccc(-c2nc(-c3cccc4c3CCN(C(=O)[C@@H](N)CO)C4)no2)cc1C#N.Cl. The summed E-state index contributed by atoms with van der Waals surface area (Å²) in [5, 5.41) is 22.8. The van der Waals surface area contributed by atoms with Crippen molar-refractivity contribution >= 4 is 18.3 Å². The molecule has 3 N–H and O–H groups in total. The molecule has 0 saturated carbocycles. The van der Waals surface area contributed by atoms with E-state index in [1.165, 1.54) is 0 Å². The third kappa shape index (κ3) is 5.04. The maximum atomic E-state index is 12.4. The smallest absolute Gasteiger partial charge is 0.258 e. The largest absolute Gasteiger partial charge is 0.490 e. The number of amides is 1. The van der Waals surface area contributed by atoms with Crippen LogP contribution in [0.5, 0.6) is 5.75 Å². The van der Waals surface area contributed by atoms with Crippen molar-refractivity contribution in [3.63, 3.8) is 0 Å². The quantitative estimate of drug-likeness (QED) is 0.545. The second kappa shape index (κ2) is 10.7. The molecular formula is C24H26ClN5O4. The molecule has 2 heterocycles. The number of nitrogens with two attached hydrogens (primary N) is 1. The van der Waals surface area contributed by atoms with E-state index in [0.717, 1.165) is 16.7 Å². The van der Waals surface area contributed by atoms with Gasteiger partial charge in [0.1, 0.15) is 17.9 Å². The molecule has 1 aliphatic heterocycles. The van der Waals surface area contributed by atoms with Gasteiger partial charge in [0.25, 0.3) is 5.89 Å². The first-order valence-electron chi connectivity index (χ1n) is 10.7. The minimum atomic E-state index is -0.912. The summed E-state index contributed by atoms with van der Waals surface area (Å²) in [4.78, 5) is 18.6. The number of aliphatic hydroxyl groups is 1. The normalized spacial score (nSPS) is 13.6. The Morgan fingerprint density at radius 1 is 1.35 bits per heavy atom.